The first-order chi connectivity index (χ1) is 12.2. The lowest BCUT2D eigenvalue weighted by Gasteiger charge is -2.11. The molecule has 25 heavy (non-hydrogen) atoms. The Bertz CT molecular complexity index is 1020. The number of anilines is 2. The van der Waals surface area contributed by atoms with E-state index < -0.39 is 0 Å². The van der Waals surface area contributed by atoms with E-state index in [1.54, 1.807) is 6.20 Å². The maximum atomic E-state index is 9.37. The number of nitrogens with zero attached hydrogens (tertiary/aromatic N) is 3. The van der Waals surface area contributed by atoms with Crippen molar-refractivity contribution >= 4 is 17.2 Å². The summed E-state index contributed by atoms with van der Waals surface area (Å²) in [5.74, 6) is 0.705. The lowest BCUT2D eigenvalue weighted by Crippen LogP contribution is -2.01. The molecule has 124 valence electrons. The fourth-order valence-electron chi connectivity index (χ4n) is 2.82. The molecular formula is C20H18N4O. The van der Waals surface area contributed by atoms with Gasteiger partial charge in [0.15, 0.2) is 11.5 Å². The third kappa shape index (κ3) is 2.97. The molecule has 5 nitrogen and oxygen atoms in total. The minimum absolute atomic E-state index is 0.0153. The second-order valence-corrected chi connectivity index (χ2v) is 5.96. The first-order valence-corrected chi connectivity index (χ1v) is 8.10. The number of imidazole rings is 1. The quantitative estimate of drug-likeness (QED) is 0.595. The van der Waals surface area contributed by atoms with Crippen LogP contribution in [-0.2, 0) is 6.61 Å². The summed E-state index contributed by atoms with van der Waals surface area (Å²) < 4.78 is 2.00. The molecule has 0 aliphatic heterocycles. The van der Waals surface area contributed by atoms with Gasteiger partial charge in [-0.05, 0) is 30.7 Å². The average Bonchev–Trinajstić information content (AvgIpc) is 3.14. The fourth-order valence-corrected chi connectivity index (χ4v) is 2.82. The highest BCUT2D eigenvalue weighted by Crippen LogP contribution is 2.26. The van der Waals surface area contributed by atoms with Crippen molar-refractivity contribution in [3.8, 4) is 11.3 Å². The lowest BCUT2D eigenvalue weighted by molar-refractivity contribution is 0.282. The van der Waals surface area contributed by atoms with Gasteiger partial charge >= 0.3 is 0 Å². The molecule has 0 spiro atoms. The van der Waals surface area contributed by atoms with E-state index in [9.17, 15) is 5.11 Å². The van der Waals surface area contributed by atoms with Gasteiger partial charge in [0.05, 0.1) is 18.5 Å². The molecule has 5 heteroatoms. The Morgan fingerprint density at radius 3 is 2.72 bits per heavy atom. The summed E-state index contributed by atoms with van der Waals surface area (Å²) in [4.78, 5) is 9.02. The minimum Gasteiger partial charge on any atom is -0.392 e. The van der Waals surface area contributed by atoms with E-state index in [1.165, 1.54) is 5.56 Å². The van der Waals surface area contributed by atoms with Gasteiger partial charge in [-0.15, -0.1) is 0 Å². The Morgan fingerprint density at radius 2 is 1.92 bits per heavy atom. The van der Waals surface area contributed by atoms with Gasteiger partial charge in [0.1, 0.15) is 0 Å². The summed E-state index contributed by atoms with van der Waals surface area (Å²) in [6.07, 6.45) is 5.50. The summed E-state index contributed by atoms with van der Waals surface area (Å²) in [5.41, 5.74) is 5.72. The van der Waals surface area contributed by atoms with Gasteiger partial charge in [-0.25, -0.2) is 9.97 Å². The molecule has 0 bridgehead atoms. The zero-order valence-electron chi connectivity index (χ0n) is 13.8. The van der Waals surface area contributed by atoms with E-state index in [1.807, 2.05) is 53.2 Å². The van der Waals surface area contributed by atoms with Crippen LogP contribution in [0.3, 0.4) is 0 Å². The van der Waals surface area contributed by atoms with E-state index in [0.29, 0.717) is 5.82 Å². The highest BCUT2D eigenvalue weighted by molar-refractivity contribution is 5.74. The van der Waals surface area contributed by atoms with Crippen LogP contribution in [0.1, 0.15) is 11.1 Å². The van der Waals surface area contributed by atoms with Crippen molar-refractivity contribution < 1.29 is 5.11 Å². The van der Waals surface area contributed by atoms with Crippen LogP contribution in [-0.4, -0.2) is 19.5 Å². The van der Waals surface area contributed by atoms with E-state index >= 15 is 0 Å². The first kappa shape index (κ1) is 15.4. The summed E-state index contributed by atoms with van der Waals surface area (Å²) in [7, 11) is 0. The van der Waals surface area contributed by atoms with Crippen LogP contribution in [0, 0.1) is 6.92 Å². The largest absolute Gasteiger partial charge is 0.392 e. The van der Waals surface area contributed by atoms with Crippen molar-refractivity contribution in [2.45, 2.75) is 13.5 Å². The van der Waals surface area contributed by atoms with Crippen molar-refractivity contribution in [3.63, 3.8) is 0 Å². The molecule has 0 aliphatic carbocycles. The van der Waals surface area contributed by atoms with Crippen LogP contribution < -0.4 is 5.32 Å². The fraction of sp³-hybridized carbons (Fsp3) is 0.100. The molecule has 4 rings (SSSR count). The maximum absolute atomic E-state index is 9.37. The average molecular weight is 330 g/mol. The Morgan fingerprint density at radius 1 is 1.08 bits per heavy atom. The highest BCUT2D eigenvalue weighted by atomic mass is 16.3. The van der Waals surface area contributed by atoms with Gasteiger partial charge in [-0.3, -0.25) is 4.40 Å². The SMILES string of the molecule is Cc1ccc(Nc2ncc(-c3cccc(CO)c3)n3ccnc23)cc1. The molecule has 0 atom stereocenters. The number of rotatable bonds is 4. The monoisotopic (exact) mass is 330 g/mol. The van der Waals surface area contributed by atoms with Gasteiger partial charge in [0.2, 0.25) is 0 Å². The number of hydrogen-bond donors (Lipinski definition) is 2. The predicted molar refractivity (Wildman–Crippen MR) is 98.8 cm³/mol. The van der Waals surface area contributed by atoms with E-state index in [0.717, 1.165) is 28.2 Å². The van der Waals surface area contributed by atoms with Crippen molar-refractivity contribution in [2.24, 2.45) is 0 Å². The summed E-state index contributed by atoms with van der Waals surface area (Å²) >= 11 is 0. The molecule has 0 radical (unpaired) electrons. The zero-order valence-corrected chi connectivity index (χ0v) is 13.8. The molecule has 0 fully saturated rings. The van der Waals surface area contributed by atoms with Gasteiger partial charge in [-0.1, -0.05) is 35.9 Å². The van der Waals surface area contributed by atoms with Crippen molar-refractivity contribution in [1.82, 2.24) is 14.4 Å². The van der Waals surface area contributed by atoms with Gasteiger partial charge in [0, 0.05) is 23.6 Å². The van der Waals surface area contributed by atoms with Crippen molar-refractivity contribution in [2.75, 3.05) is 5.32 Å². The molecule has 2 heterocycles. The van der Waals surface area contributed by atoms with Gasteiger partial charge in [0.25, 0.3) is 0 Å². The number of aryl methyl sites for hydroxylation is 1. The molecular weight excluding hydrogens is 312 g/mol. The lowest BCUT2D eigenvalue weighted by atomic mass is 10.1. The normalized spacial score (nSPS) is 11.0. The molecule has 0 aliphatic rings. The predicted octanol–water partition coefficient (Wildman–Crippen LogP) is 3.94. The van der Waals surface area contributed by atoms with Gasteiger partial charge in [-0.2, -0.15) is 0 Å². The van der Waals surface area contributed by atoms with Gasteiger partial charge < -0.3 is 10.4 Å². The number of aliphatic hydroxyl groups is 1. The molecule has 0 unspecified atom stereocenters. The third-order valence-corrected chi connectivity index (χ3v) is 4.15. The molecule has 2 aromatic carbocycles. The van der Waals surface area contributed by atoms with Crippen LogP contribution in [0.25, 0.3) is 16.9 Å². The third-order valence-electron chi connectivity index (χ3n) is 4.15. The second-order valence-electron chi connectivity index (χ2n) is 5.96. The van der Waals surface area contributed by atoms with Crippen molar-refractivity contribution in [1.29, 1.82) is 0 Å². The molecule has 4 aromatic rings. The van der Waals surface area contributed by atoms with E-state index in [-0.39, 0.29) is 6.61 Å². The number of benzene rings is 2. The van der Waals surface area contributed by atoms with Crippen LogP contribution >= 0.6 is 0 Å². The second kappa shape index (κ2) is 6.37. The number of nitrogens with one attached hydrogen (secondary N) is 1. The number of fused-ring (bicyclic) bond motifs is 1. The first-order valence-electron chi connectivity index (χ1n) is 8.10. The molecule has 0 saturated heterocycles. The van der Waals surface area contributed by atoms with E-state index in [4.69, 9.17) is 0 Å². The Hall–Kier alpha value is -3.18. The minimum atomic E-state index is 0.0153. The van der Waals surface area contributed by atoms with E-state index in [2.05, 4.69) is 34.3 Å². The molecule has 0 amide bonds. The zero-order chi connectivity index (χ0) is 17.2. The summed E-state index contributed by atoms with van der Waals surface area (Å²) in [6.45, 7) is 2.07. The number of aliphatic hydroxyl groups excluding tert-OH is 1. The summed E-state index contributed by atoms with van der Waals surface area (Å²) in [5, 5.41) is 12.7. The Labute approximate surface area is 145 Å². The topological polar surface area (TPSA) is 62.5 Å². The smallest absolute Gasteiger partial charge is 0.180 e. The highest BCUT2D eigenvalue weighted by Gasteiger charge is 2.10. The molecule has 2 N–H and O–H groups in total. The van der Waals surface area contributed by atoms with Crippen LogP contribution in [0.4, 0.5) is 11.5 Å². The maximum Gasteiger partial charge on any atom is 0.180 e. The van der Waals surface area contributed by atoms with Crippen LogP contribution in [0.15, 0.2) is 67.1 Å². The standard InChI is InChI=1S/C20H18N4O/c1-14-5-7-17(8-6-14)23-19-20-21-9-10-24(20)18(12-22-19)16-4-2-3-15(11-16)13-25/h2-12,25H,13H2,1H3,(H,22,23). The number of hydrogen-bond acceptors (Lipinski definition) is 4. The van der Waals surface area contributed by atoms with Crippen molar-refractivity contribution in [3.05, 3.63) is 78.2 Å². The Kier molecular flexibility index (Phi) is 3.91. The molecule has 0 saturated carbocycles. The Balaban J connectivity index is 1.77. The summed E-state index contributed by atoms with van der Waals surface area (Å²) in [6, 6.07) is 16.0. The van der Waals surface area contributed by atoms with Crippen LogP contribution in [0.5, 0.6) is 0 Å². The van der Waals surface area contributed by atoms with Crippen LogP contribution in [0.2, 0.25) is 0 Å². The molecule has 2 aromatic heterocycles. The number of aromatic nitrogens is 3.